The molecule has 0 aliphatic heterocycles. The molecule has 5 rings (SSSR count). The minimum Gasteiger partial charge on any atom is -0.338 e. The van der Waals surface area contributed by atoms with Gasteiger partial charge < -0.3 is 4.57 Å². The van der Waals surface area contributed by atoms with Gasteiger partial charge >= 0.3 is 0 Å². The van der Waals surface area contributed by atoms with Gasteiger partial charge in [-0.2, -0.15) is 0 Å². The van der Waals surface area contributed by atoms with Crippen LogP contribution >= 0.6 is 0 Å². The third-order valence-corrected chi connectivity index (χ3v) is 6.25. The van der Waals surface area contributed by atoms with Crippen molar-refractivity contribution in [2.45, 2.75) is 39.7 Å². The van der Waals surface area contributed by atoms with Gasteiger partial charge in [0, 0.05) is 27.8 Å². The van der Waals surface area contributed by atoms with E-state index in [4.69, 9.17) is 0 Å². The summed E-state index contributed by atoms with van der Waals surface area (Å²) in [6.45, 7) is 6.77. The Hall–Kier alpha value is -3.32. The van der Waals surface area contributed by atoms with Crippen molar-refractivity contribution in [1.82, 2.24) is 4.57 Å². The van der Waals surface area contributed by atoms with E-state index in [-0.39, 0.29) is 0 Å². The summed E-state index contributed by atoms with van der Waals surface area (Å²) in [7, 11) is 0. The molecule has 0 amide bonds. The molecule has 0 atom stereocenters. The van der Waals surface area contributed by atoms with E-state index < -0.39 is 0 Å². The summed E-state index contributed by atoms with van der Waals surface area (Å²) in [5.41, 5.74) is 9.12. The molecule has 0 radical (unpaired) electrons. The zero-order chi connectivity index (χ0) is 21.4. The van der Waals surface area contributed by atoms with Crippen molar-refractivity contribution in [2.75, 3.05) is 0 Å². The number of fused-ring (bicyclic) bond motifs is 3. The van der Waals surface area contributed by atoms with E-state index in [0.29, 0.717) is 6.04 Å². The summed E-state index contributed by atoms with van der Waals surface area (Å²) in [6, 6.07) is 34.0. The number of hydrogen-bond donors (Lipinski definition) is 0. The highest BCUT2D eigenvalue weighted by Gasteiger charge is 2.14. The second-order valence-corrected chi connectivity index (χ2v) is 8.74. The van der Waals surface area contributed by atoms with E-state index in [0.717, 1.165) is 6.42 Å². The van der Waals surface area contributed by atoms with Gasteiger partial charge in [-0.3, -0.25) is 0 Å². The molecule has 1 nitrogen and oxygen atoms in total. The fraction of sp³-hybridized carbons (Fsp3) is 0.200. The molecule has 1 aromatic heterocycles. The van der Waals surface area contributed by atoms with Crippen molar-refractivity contribution in [2.24, 2.45) is 0 Å². The Labute approximate surface area is 185 Å². The van der Waals surface area contributed by atoms with Gasteiger partial charge in [0.05, 0.1) is 0 Å². The molecule has 4 aromatic carbocycles. The molecule has 0 bridgehead atoms. The van der Waals surface area contributed by atoms with Gasteiger partial charge in [-0.05, 0) is 72.4 Å². The Balaban J connectivity index is 1.70. The van der Waals surface area contributed by atoms with Crippen molar-refractivity contribution >= 4 is 21.8 Å². The summed E-state index contributed by atoms with van der Waals surface area (Å²) in [5, 5.41) is 2.66. The molecule has 31 heavy (non-hydrogen) atoms. The molecule has 0 aliphatic rings. The predicted molar refractivity (Wildman–Crippen MR) is 135 cm³/mol. The van der Waals surface area contributed by atoms with Crippen molar-refractivity contribution in [3.05, 3.63) is 96.6 Å². The lowest BCUT2D eigenvalue weighted by Crippen LogP contribution is -1.99. The lowest BCUT2D eigenvalue weighted by atomic mass is 9.99. The molecule has 0 N–H and O–H groups in total. The van der Waals surface area contributed by atoms with Crippen LogP contribution in [0.4, 0.5) is 0 Å². The maximum absolute atomic E-state index is 2.47. The van der Waals surface area contributed by atoms with Gasteiger partial charge in [-0.15, -0.1) is 0 Å². The topological polar surface area (TPSA) is 4.93 Å². The van der Waals surface area contributed by atoms with E-state index in [9.17, 15) is 0 Å². The molecular formula is C30H29N. The molecule has 0 fully saturated rings. The maximum atomic E-state index is 2.47. The highest BCUT2D eigenvalue weighted by molar-refractivity contribution is 6.10. The highest BCUT2D eigenvalue weighted by atomic mass is 15.0. The average molecular weight is 404 g/mol. The number of aryl methyl sites for hydroxylation is 1. The molecule has 0 saturated heterocycles. The van der Waals surface area contributed by atoms with Gasteiger partial charge in [0.2, 0.25) is 0 Å². The third kappa shape index (κ3) is 3.55. The quantitative estimate of drug-likeness (QED) is 0.277. The van der Waals surface area contributed by atoms with E-state index in [1.165, 1.54) is 56.0 Å². The molecule has 0 spiro atoms. The first-order valence-electron chi connectivity index (χ1n) is 11.4. The van der Waals surface area contributed by atoms with Crippen LogP contribution in [0.25, 0.3) is 44.1 Å². The molecule has 1 heteroatoms. The minimum atomic E-state index is 0.404. The SMILES string of the molecule is CCCc1ccc(-c2ccc3c(c2)c2cc(-c4ccccc4)ccc2n3C(C)C)cc1. The second kappa shape index (κ2) is 8.07. The van der Waals surface area contributed by atoms with E-state index >= 15 is 0 Å². The van der Waals surface area contributed by atoms with Crippen molar-refractivity contribution in [3.8, 4) is 22.3 Å². The first kappa shape index (κ1) is 19.6. The molecular weight excluding hydrogens is 374 g/mol. The summed E-state index contributed by atoms with van der Waals surface area (Å²) in [5.74, 6) is 0. The zero-order valence-electron chi connectivity index (χ0n) is 18.6. The standard InChI is InChI=1S/C30H29N/c1-4-8-22-11-13-24(14-12-22)26-16-18-30-28(20-26)27-19-25(23-9-6-5-7-10-23)15-17-29(27)31(30)21(2)3/h5-7,9-21H,4,8H2,1-3H3. The number of nitrogens with zero attached hydrogens (tertiary/aromatic N) is 1. The van der Waals surface area contributed by atoms with Gasteiger partial charge in [0.1, 0.15) is 0 Å². The van der Waals surface area contributed by atoms with Gasteiger partial charge in [0.25, 0.3) is 0 Å². The Morgan fingerprint density at radius 1 is 0.613 bits per heavy atom. The average Bonchev–Trinajstić information content (AvgIpc) is 3.13. The monoisotopic (exact) mass is 403 g/mol. The second-order valence-electron chi connectivity index (χ2n) is 8.74. The van der Waals surface area contributed by atoms with Crippen molar-refractivity contribution < 1.29 is 0 Å². The van der Waals surface area contributed by atoms with Crippen LogP contribution in [0.15, 0.2) is 91.0 Å². The minimum absolute atomic E-state index is 0.404. The molecule has 0 saturated carbocycles. The summed E-state index contributed by atoms with van der Waals surface area (Å²) in [6.07, 6.45) is 2.33. The van der Waals surface area contributed by atoms with Gasteiger partial charge in [0.15, 0.2) is 0 Å². The maximum Gasteiger partial charge on any atom is 0.0494 e. The van der Waals surface area contributed by atoms with E-state index in [1.807, 2.05) is 0 Å². The lowest BCUT2D eigenvalue weighted by Gasteiger charge is -2.12. The fourth-order valence-corrected chi connectivity index (χ4v) is 4.75. The zero-order valence-corrected chi connectivity index (χ0v) is 18.6. The van der Waals surface area contributed by atoms with Crippen LogP contribution in [0, 0.1) is 0 Å². The smallest absolute Gasteiger partial charge is 0.0494 e. The van der Waals surface area contributed by atoms with Crippen LogP contribution < -0.4 is 0 Å². The lowest BCUT2D eigenvalue weighted by molar-refractivity contribution is 0.642. The molecule has 1 heterocycles. The molecule has 5 aromatic rings. The Morgan fingerprint density at radius 2 is 1.13 bits per heavy atom. The summed E-state index contributed by atoms with van der Waals surface area (Å²) in [4.78, 5) is 0. The summed E-state index contributed by atoms with van der Waals surface area (Å²) < 4.78 is 2.47. The van der Waals surface area contributed by atoms with Gasteiger partial charge in [-0.1, -0.05) is 80.1 Å². The first-order chi connectivity index (χ1) is 15.2. The van der Waals surface area contributed by atoms with Crippen LogP contribution in [0.5, 0.6) is 0 Å². The van der Waals surface area contributed by atoms with Crippen LogP contribution in [0.2, 0.25) is 0 Å². The van der Waals surface area contributed by atoms with Crippen LogP contribution in [-0.4, -0.2) is 4.57 Å². The van der Waals surface area contributed by atoms with Crippen LogP contribution in [-0.2, 0) is 6.42 Å². The Kier molecular flexibility index (Phi) is 5.11. The Morgan fingerprint density at radius 3 is 1.65 bits per heavy atom. The number of aromatic nitrogens is 1. The number of rotatable bonds is 5. The summed E-state index contributed by atoms with van der Waals surface area (Å²) >= 11 is 0. The first-order valence-corrected chi connectivity index (χ1v) is 11.4. The highest BCUT2D eigenvalue weighted by Crippen LogP contribution is 2.37. The normalized spacial score (nSPS) is 11.6. The fourth-order valence-electron chi connectivity index (χ4n) is 4.75. The van der Waals surface area contributed by atoms with Crippen LogP contribution in [0.1, 0.15) is 38.8 Å². The molecule has 0 aliphatic carbocycles. The molecule has 0 unspecified atom stereocenters. The van der Waals surface area contributed by atoms with Crippen molar-refractivity contribution in [3.63, 3.8) is 0 Å². The number of benzene rings is 4. The Bertz CT molecular complexity index is 1340. The molecule has 154 valence electrons. The van der Waals surface area contributed by atoms with E-state index in [1.54, 1.807) is 0 Å². The van der Waals surface area contributed by atoms with Crippen LogP contribution in [0.3, 0.4) is 0 Å². The van der Waals surface area contributed by atoms with Crippen molar-refractivity contribution in [1.29, 1.82) is 0 Å². The van der Waals surface area contributed by atoms with Gasteiger partial charge in [-0.25, -0.2) is 0 Å². The third-order valence-electron chi connectivity index (χ3n) is 6.25. The van der Waals surface area contributed by atoms with E-state index in [2.05, 4.69) is 116 Å². The number of hydrogen-bond acceptors (Lipinski definition) is 0. The predicted octanol–water partition coefficient (Wildman–Crippen LogP) is 8.66. The largest absolute Gasteiger partial charge is 0.338 e.